The molecule has 1 heterocycles. The van der Waals surface area contributed by atoms with Crippen LogP contribution in [0.3, 0.4) is 0 Å². The molecular weight excluding hydrogens is 356 g/mol. The molecule has 0 saturated heterocycles. The van der Waals surface area contributed by atoms with Crippen LogP contribution in [0.15, 0.2) is 48.5 Å². The zero-order valence-corrected chi connectivity index (χ0v) is 14.8. The van der Waals surface area contributed by atoms with E-state index in [1.54, 1.807) is 19.1 Å². The number of hydrogen-bond acceptors (Lipinski definition) is 7. The molecule has 0 aliphatic carbocycles. The zero-order valence-electron chi connectivity index (χ0n) is 14.0. The predicted molar refractivity (Wildman–Crippen MR) is 96.9 cm³/mol. The molecule has 134 valence electrons. The van der Waals surface area contributed by atoms with Gasteiger partial charge in [-0.25, -0.2) is 9.78 Å². The molecule has 2 aromatic carbocycles. The number of para-hydroxylation sites is 1. The lowest BCUT2D eigenvalue weighted by molar-refractivity contribution is -0.385. The van der Waals surface area contributed by atoms with Crippen molar-refractivity contribution in [3.63, 3.8) is 0 Å². The number of thiazole rings is 1. The molecule has 0 unspecified atom stereocenters. The van der Waals surface area contributed by atoms with Crippen LogP contribution in [0, 0.1) is 10.1 Å². The summed E-state index contributed by atoms with van der Waals surface area (Å²) in [5.74, 6) is -0.537. The SMILES string of the molecule is C[C@@H](OC(=O)COCc1nc2ccccc2s1)c1cccc([N+](=O)[O-])c1. The van der Waals surface area contributed by atoms with Crippen LogP contribution in [0.1, 0.15) is 23.6 Å². The van der Waals surface area contributed by atoms with E-state index in [0.29, 0.717) is 5.56 Å². The summed E-state index contributed by atoms with van der Waals surface area (Å²) in [6.07, 6.45) is -0.603. The van der Waals surface area contributed by atoms with E-state index in [1.807, 2.05) is 24.3 Å². The van der Waals surface area contributed by atoms with E-state index >= 15 is 0 Å². The Labute approximate surface area is 153 Å². The van der Waals surface area contributed by atoms with Gasteiger partial charge >= 0.3 is 5.97 Å². The first-order valence-corrected chi connectivity index (χ1v) is 8.70. The molecule has 0 aliphatic heterocycles. The Kier molecular flexibility index (Phi) is 5.55. The molecule has 7 nitrogen and oxygen atoms in total. The lowest BCUT2D eigenvalue weighted by atomic mass is 10.1. The minimum atomic E-state index is -0.603. The number of aromatic nitrogens is 1. The van der Waals surface area contributed by atoms with Crippen molar-refractivity contribution >= 4 is 33.2 Å². The molecule has 26 heavy (non-hydrogen) atoms. The highest BCUT2D eigenvalue weighted by atomic mass is 32.1. The van der Waals surface area contributed by atoms with Crippen molar-refractivity contribution < 1.29 is 19.2 Å². The molecule has 0 aliphatic rings. The molecule has 0 saturated carbocycles. The van der Waals surface area contributed by atoms with Crippen LogP contribution in [0.2, 0.25) is 0 Å². The molecular formula is C18H16N2O5S. The summed E-state index contributed by atoms with van der Waals surface area (Å²) in [6.45, 7) is 1.67. The minimum Gasteiger partial charge on any atom is -0.456 e. The van der Waals surface area contributed by atoms with E-state index in [2.05, 4.69) is 4.98 Å². The number of rotatable bonds is 7. The van der Waals surface area contributed by atoms with E-state index in [9.17, 15) is 14.9 Å². The van der Waals surface area contributed by atoms with Crippen LogP contribution in [-0.4, -0.2) is 22.5 Å². The molecule has 0 radical (unpaired) electrons. The fraction of sp³-hybridized carbons (Fsp3) is 0.222. The average Bonchev–Trinajstić information content (AvgIpc) is 3.04. The van der Waals surface area contributed by atoms with Crippen molar-refractivity contribution in [2.24, 2.45) is 0 Å². The maximum Gasteiger partial charge on any atom is 0.332 e. The van der Waals surface area contributed by atoms with Crippen LogP contribution < -0.4 is 0 Å². The van der Waals surface area contributed by atoms with Gasteiger partial charge in [-0.2, -0.15) is 0 Å². The Morgan fingerprint density at radius 2 is 2.08 bits per heavy atom. The van der Waals surface area contributed by atoms with Gasteiger partial charge in [0.2, 0.25) is 0 Å². The predicted octanol–water partition coefficient (Wildman–Crippen LogP) is 4.03. The van der Waals surface area contributed by atoms with Crippen LogP contribution in [-0.2, 0) is 20.9 Å². The van der Waals surface area contributed by atoms with Gasteiger partial charge in [-0.1, -0.05) is 24.3 Å². The second kappa shape index (κ2) is 8.03. The largest absolute Gasteiger partial charge is 0.456 e. The Balaban J connectivity index is 1.50. The summed E-state index contributed by atoms with van der Waals surface area (Å²) in [6, 6.07) is 13.8. The van der Waals surface area contributed by atoms with Crippen molar-refractivity contribution in [3.05, 3.63) is 69.2 Å². The van der Waals surface area contributed by atoms with Crippen molar-refractivity contribution in [3.8, 4) is 0 Å². The number of fused-ring (bicyclic) bond motifs is 1. The lowest BCUT2D eigenvalue weighted by Crippen LogP contribution is -2.15. The summed E-state index contributed by atoms with van der Waals surface area (Å²) in [5, 5.41) is 11.6. The monoisotopic (exact) mass is 372 g/mol. The lowest BCUT2D eigenvalue weighted by Gasteiger charge is -2.13. The normalized spacial score (nSPS) is 12.0. The number of ether oxygens (including phenoxy) is 2. The van der Waals surface area contributed by atoms with Crippen molar-refractivity contribution in [2.75, 3.05) is 6.61 Å². The number of carbonyl (C=O) groups excluding carboxylic acids is 1. The number of nitro groups is 1. The Bertz CT molecular complexity index is 907. The van der Waals surface area contributed by atoms with Crippen molar-refractivity contribution in [1.29, 1.82) is 0 Å². The van der Waals surface area contributed by atoms with Gasteiger partial charge in [-0.15, -0.1) is 11.3 Å². The third-order valence-corrected chi connectivity index (χ3v) is 4.65. The second-order valence-corrected chi connectivity index (χ2v) is 6.67. The van der Waals surface area contributed by atoms with Crippen molar-refractivity contribution in [1.82, 2.24) is 4.98 Å². The molecule has 0 N–H and O–H groups in total. The zero-order chi connectivity index (χ0) is 18.5. The molecule has 1 atom stereocenters. The fourth-order valence-electron chi connectivity index (χ4n) is 2.39. The maximum atomic E-state index is 11.9. The van der Waals surface area contributed by atoms with E-state index in [0.717, 1.165) is 15.2 Å². The third kappa shape index (κ3) is 4.41. The number of benzene rings is 2. The van der Waals surface area contributed by atoms with Crippen LogP contribution in [0.4, 0.5) is 5.69 Å². The number of nitro benzene ring substituents is 1. The van der Waals surface area contributed by atoms with Gasteiger partial charge in [-0.05, 0) is 24.6 Å². The smallest absolute Gasteiger partial charge is 0.332 e. The van der Waals surface area contributed by atoms with E-state index in [-0.39, 0.29) is 18.9 Å². The van der Waals surface area contributed by atoms with Gasteiger partial charge in [0.25, 0.3) is 5.69 Å². The van der Waals surface area contributed by atoms with Gasteiger partial charge in [-0.3, -0.25) is 10.1 Å². The summed E-state index contributed by atoms with van der Waals surface area (Å²) in [7, 11) is 0. The topological polar surface area (TPSA) is 91.6 Å². The quantitative estimate of drug-likeness (QED) is 0.353. The van der Waals surface area contributed by atoms with Crippen LogP contribution in [0.25, 0.3) is 10.2 Å². The van der Waals surface area contributed by atoms with Crippen LogP contribution >= 0.6 is 11.3 Å². The summed E-state index contributed by atoms with van der Waals surface area (Å²) in [4.78, 5) is 26.7. The molecule has 3 rings (SSSR count). The molecule has 0 spiro atoms. The molecule has 1 aromatic heterocycles. The van der Waals surface area contributed by atoms with Gasteiger partial charge in [0, 0.05) is 12.1 Å². The Hall–Kier alpha value is -2.84. The van der Waals surface area contributed by atoms with E-state index in [1.165, 1.54) is 23.5 Å². The van der Waals surface area contributed by atoms with Gasteiger partial charge in [0.1, 0.15) is 17.7 Å². The Morgan fingerprint density at radius 1 is 1.27 bits per heavy atom. The summed E-state index contributed by atoms with van der Waals surface area (Å²) < 4.78 is 11.7. The number of carbonyl (C=O) groups is 1. The minimum absolute atomic E-state index is 0.0440. The molecule has 3 aromatic rings. The Morgan fingerprint density at radius 3 is 2.85 bits per heavy atom. The van der Waals surface area contributed by atoms with Crippen LogP contribution in [0.5, 0.6) is 0 Å². The fourth-order valence-corrected chi connectivity index (χ4v) is 3.30. The highest BCUT2D eigenvalue weighted by Gasteiger charge is 2.15. The highest BCUT2D eigenvalue weighted by molar-refractivity contribution is 7.18. The summed E-state index contributed by atoms with van der Waals surface area (Å²) >= 11 is 1.51. The van der Waals surface area contributed by atoms with Gasteiger partial charge < -0.3 is 9.47 Å². The molecule has 0 amide bonds. The average molecular weight is 372 g/mol. The van der Waals surface area contributed by atoms with Gasteiger partial charge in [0.05, 0.1) is 21.7 Å². The summed E-state index contributed by atoms with van der Waals surface area (Å²) in [5.41, 5.74) is 1.41. The number of hydrogen-bond donors (Lipinski definition) is 0. The second-order valence-electron chi connectivity index (χ2n) is 5.55. The van der Waals surface area contributed by atoms with E-state index in [4.69, 9.17) is 9.47 Å². The molecule has 0 fully saturated rings. The van der Waals surface area contributed by atoms with E-state index < -0.39 is 17.0 Å². The first-order valence-electron chi connectivity index (χ1n) is 7.89. The third-order valence-electron chi connectivity index (χ3n) is 3.64. The van der Waals surface area contributed by atoms with Gasteiger partial charge in [0.15, 0.2) is 0 Å². The molecule has 0 bridgehead atoms. The van der Waals surface area contributed by atoms with Crippen molar-refractivity contribution in [2.45, 2.75) is 19.6 Å². The standard InChI is InChI=1S/C18H16N2O5S/c1-12(13-5-4-6-14(9-13)20(22)23)25-18(21)11-24-10-17-19-15-7-2-3-8-16(15)26-17/h2-9,12H,10-11H2,1H3/t12-/m1/s1. The first kappa shape index (κ1) is 18.0. The maximum absolute atomic E-state index is 11.9. The number of nitrogens with zero attached hydrogens (tertiary/aromatic N) is 2. The first-order chi connectivity index (χ1) is 12.5. The number of non-ortho nitro benzene ring substituents is 1. The highest BCUT2D eigenvalue weighted by Crippen LogP contribution is 2.23. The molecule has 8 heteroatoms. The number of esters is 1.